The van der Waals surface area contributed by atoms with Crippen LogP contribution >= 0.6 is 0 Å². The fraction of sp³-hybridized carbons (Fsp3) is 0.333. The van der Waals surface area contributed by atoms with Crippen LogP contribution in [0.4, 0.5) is 0 Å². The van der Waals surface area contributed by atoms with E-state index >= 15 is 0 Å². The van der Waals surface area contributed by atoms with E-state index in [0.29, 0.717) is 24.2 Å². The SMILES string of the molecule is CC1(C)C(=O)NCCN1C(=O)c1coc2ccccc12. The third-order valence-electron chi connectivity index (χ3n) is 3.81. The molecule has 1 saturated heterocycles. The van der Waals surface area contributed by atoms with Crippen LogP contribution in [0.3, 0.4) is 0 Å². The molecule has 104 valence electrons. The molecule has 0 atom stereocenters. The first kappa shape index (κ1) is 12.7. The van der Waals surface area contributed by atoms with Crippen molar-refractivity contribution < 1.29 is 14.0 Å². The van der Waals surface area contributed by atoms with Crippen molar-refractivity contribution in [3.05, 3.63) is 36.1 Å². The summed E-state index contributed by atoms with van der Waals surface area (Å²) in [5, 5.41) is 3.56. The van der Waals surface area contributed by atoms with Gasteiger partial charge in [0.25, 0.3) is 5.91 Å². The van der Waals surface area contributed by atoms with Crippen molar-refractivity contribution in [2.75, 3.05) is 13.1 Å². The molecule has 20 heavy (non-hydrogen) atoms. The number of para-hydroxylation sites is 1. The highest BCUT2D eigenvalue weighted by Crippen LogP contribution is 2.26. The molecular formula is C15H16N2O3. The number of amides is 2. The Labute approximate surface area is 116 Å². The number of piperazine rings is 1. The summed E-state index contributed by atoms with van der Waals surface area (Å²) in [7, 11) is 0. The van der Waals surface area contributed by atoms with Crippen LogP contribution in [-0.4, -0.2) is 35.3 Å². The van der Waals surface area contributed by atoms with Gasteiger partial charge in [-0.3, -0.25) is 9.59 Å². The molecule has 1 N–H and O–H groups in total. The average Bonchev–Trinajstić information content (AvgIpc) is 2.85. The second kappa shape index (κ2) is 4.37. The maximum Gasteiger partial charge on any atom is 0.258 e. The molecule has 1 aliphatic heterocycles. The largest absolute Gasteiger partial charge is 0.463 e. The Morgan fingerprint density at radius 3 is 2.90 bits per heavy atom. The molecule has 0 radical (unpaired) electrons. The Balaban J connectivity index is 2.02. The van der Waals surface area contributed by atoms with Crippen molar-refractivity contribution in [2.24, 2.45) is 0 Å². The minimum Gasteiger partial charge on any atom is -0.463 e. The van der Waals surface area contributed by atoms with Gasteiger partial charge >= 0.3 is 0 Å². The van der Waals surface area contributed by atoms with E-state index in [1.807, 2.05) is 24.3 Å². The number of furan rings is 1. The van der Waals surface area contributed by atoms with Crippen LogP contribution in [0.5, 0.6) is 0 Å². The minimum atomic E-state index is -0.853. The van der Waals surface area contributed by atoms with Crippen molar-refractivity contribution in [1.29, 1.82) is 0 Å². The number of nitrogens with zero attached hydrogens (tertiary/aromatic N) is 1. The van der Waals surface area contributed by atoms with Gasteiger partial charge in [0, 0.05) is 18.5 Å². The maximum absolute atomic E-state index is 12.7. The summed E-state index contributed by atoms with van der Waals surface area (Å²) in [4.78, 5) is 26.3. The van der Waals surface area contributed by atoms with Crippen molar-refractivity contribution in [2.45, 2.75) is 19.4 Å². The molecule has 1 aliphatic rings. The summed E-state index contributed by atoms with van der Waals surface area (Å²) < 4.78 is 5.41. The zero-order valence-corrected chi connectivity index (χ0v) is 11.5. The van der Waals surface area contributed by atoms with Gasteiger partial charge in [-0.25, -0.2) is 0 Å². The van der Waals surface area contributed by atoms with Crippen LogP contribution in [0.2, 0.25) is 0 Å². The molecule has 2 aromatic rings. The molecule has 5 nitrogen and oxygen atoms in total. The average molecular weight is 272 g/mol. The molecule has 2 heterocycles. The van der Waals surface area contributed by atoms with E-state index < -0.39 is 5.54 Å². The summed E-state index contributed by atoms with van der Waals surface area (Å²) >= 11 is 0. The van der Waals surface area contributed by atoms with E-state index in [1.54, 1.807) is 18.7 Å². The van der Waals surface area contributed by atoms with Crippen molar-refractivity contribution in [3.8, 4) is 0 Å². The summed E-state index contributed by atoms with van der Waals surface area (Å²) in [5.74, 6) is -0.306. The lowest BCUT2D eigenvalue weighted by molar-refractivity contribution is -0.133. The highest BCUT2D eigenvalue weighted by atomic mass is 16.3. The van der Waals surface area contributed by atoms with Gasteiger partial charge in [0.15, 0.2) is 0 Å². The lowest BCUT2D eigenvalue weighted by atomic mass is 9.97. The minimum absolute atomic E-state index is 0.134. The quantitative estimate of drug-likeness (QED) is 0.860. The van der Waals surface area contributed by atoms with Crippen molar-refractivity contribution in [3.63, 3.8) is 0 Å². The van der Waals surface area contributed by atoms with Crippen LogP contribution < -0.4 is 5.32 Å². The molecule has 1 fully saturated rings. The topological polar surface area (TPSA) is 62.6 Å². The second-order valence-corrected chi connectivity index (χ2v) is 5.42. The lowest BCUT2D eigenvalue weighted by Gasteiger charge is -2.41. The van der Waals surface area contributed by atoms with Crippen LogP contribution in [0.25, 0.3) is 11.0 Å². The number of benzene rings is 1. The van der Waals surface area contributed by atoms with Gasteiger partial charge in [-0.2, -0.15) is 0 Å². The molecule has 0 spiro atoms. The van der Waals surface area contributed by atoms with Gasteiger partial charge in [-0.15, -0.1) is 0 Å². The van der Waals surface area contributed by atoms with Gasteiger partial charge in [0.05, 0.1) is 5.56 Å². The molecule has 2 amide bonds. The Morgan fingerprint density at radius 2 is 2.10 bits per heavy atom. The highest BCUT2D eigenvalue weighted by Gasteiger charge is 2.41. The molecule has 3 rings (SSSR count). The van der Waals surface area contributed by atoms with Crippen molar-refractivity contribution >= 4 is 22.8 Å². The summed E-state index contributed by atoms with van der Waals surface area (Å²) in [6, 6.07) is 7.39. The first-order valence-corrected chi connectivity index (χ1v) is 6.58. The number of fused-ring (bicyclic) bond motifs is 1. The standard InChI is InChI=1S/C15H16N2O3/c1-15(2)14(19)16-7-8-17(15)13(18)11-9-20-12-6-4-3-5-10(11)12/h3-6,9H,7-8H2,1-2H3,(H,16,19). The summed E-state index contributed by atoms with van der Waals surface area (Å²) in [6.07, 6.45) is 1.47. The van der Waals surface area contributed by atoms with Crippen LogP contribution in [0, 0.1) is 0 Å². The van der Waals surface area contributed by atoms with Crippen LogP contribution in [-0.2, 0) is 4.79 Å². The first-order valence-electron chi connectivity index (χ1n) is 6.58. The second-order valence-electron chi connectivity index (χ2n) is 5.42. The molecule has 0 unspecified atom stereocenters. The highest BCUT2D eigenvalue weighted by molar-refractivity contribution is 6.08. The molecule has 0 bridgehead atoms. The van der Waals surface area contributed by atoms with Crippen LogP contribution in [0.1, 0.15) is 24.2 Å². The van der Waals surface area contributed by atoms with E-state index in [-0.39, 0.29) is 11.8 Å². The van der Waals surface area contributed by atoms with E-state index in [4.69, 9.17) is 4.42 Å². The third kappa shape index (κ3) is 1.78. The Kier molecular flexibility index (Phi) is 2.78. The zero-order chi connectivity index (χ0) is 14.3. The van der Waals surface area contributed by atoms with Gasteiger partial charge < -0.3 is 14.6 Å². The number of hydrogen-bond acceptors (Lipinski definition) is 3. The smallest absolute Gasteiger partial charge is 0.258 e. The predicted molar refractivity (Wildman–Crippen MR) is 74.3 cm³/mol. The fourth-order valence-electron chi connectivity index (χ4n) is 2.54. The Morgan fingerprint density at radius 1 is 1.35 bits per heavy atom. The third-order valence-corrected chi connectivity index (χ3v) is 3.81. The van der Waals surface area contributed by atoms with Gasteiger partial charge in [-0.1, -0.05) is 18.2 Å². The van der Waals surface area contributed by atoms with Crippen molar-refractivity contribution in [1.82, 2.24) is 10.2 Å². The summed E-state index contributed by atoms with van der Waals surface area (Å²) in [6.45, 7) is 4.48. The molecule has 0 aliphatic carbocycles. The molecular weight excluding hydrogens is 256 g/mol. The number of hydrogen-bond donors (Lipinski definition) is 1. The Hall–Kier alpha value is -2.30. The molecule has 0 saturated carbocycles. The normalized spacial score (nSPS) is 18.1. The monoisotopic (exact) mass is 272 g/mol. The lowest BCUT2D eigenvalue weighted by Crippen LogP contribution is -2.63. The predicted octanol–water partition coefficient (Wildman–Crippen LogP) is 1.78. The molecule has 5 heteroatoms. The summed E-state index contributed by atoms with van der Waals surface area (Å²) in [5.41, 5.74) is 0.326. The Bertz CT molecular complexity index is 687. The fourth-order valence-corrected chi connectivity index (χ4v) is 2.54. The van der Waals surface area contributed by atoms with Gasteiger partial charge in [-0.05, 0) is 19.9 Å². The number of carbonyl (C=O) groups excluding carboxylic acids is 2. The maximum atomic E-state index is 12.7. The first-order chi connectivity index (χ1) is 9.51. The van der Waals surface area contributed by atoms with E-state index in [9.17, 15) is 9.59 Å². The van der Waals surface area contributed by atoms with Crippen LogP contribution in [0.15, 0.2) is 34.9 Å². The van der Waals surface area contributed by atoms with Gasteiger partial charge in [0.2, 0.25) is 5.91 Å². The van der Waals surface area contributed by atoms with E-state index in [1.165, 1.54) is 6.26 Å². The number of carbonyl (C=O) groups is 2. The van der Waals surface area contributed by atoms with E-state index in [0.717, 1.165) is 5.39 Å². The molecule has 1 aromatic heterocycles. The molecule has 1 aromatic carbocycles. The number of rotatable bonds is 1. The number of nitrogens with one attached hydrogen (secondary N) is 1. The zero-order valence-electron chi connectivity index (χ0n) is 11.5. The van der Waals surface area contributed by atoms with Gasteiger partial charge in [0.1, 0.15) is 17.4 Å². The van der Waals surface area contributed by atoms with E-state index in [2.05, 4.69) is 5.32 Å².